The first kappa shape index (κ1) is 19.9. The Morgan fingerprint density at radius 1 is 1.07 bits per heavy atom. The zero-order valence-corrected chi connectivity index (χ0v) is 16.7. The molecule has 0 unspecified atom stereocenters. The average molecular weight is 383 g/mol. The molecule has 0 amide bonds. The molecule has 0 aliphatic carbocycles. The lowest BCUT2D eigenvalue weighted by molar-refractivity contribution is 0.310. The van der Waals surface area contributed by atoms with Crippen LogP contribution in [-0.4, -0.2) is 46.4 Å². The van der Waals surface area contributed by atoms with E-state index in [1.165, 1.54) is 11.1 Å². The van der Waals surface area contributed by atoms with E-state index in [1.807, 2.05) is 24.3 Å². The quantitative estimate of drug-likeness (QED) is 0.396. The third-order valence-electron chi connectivity index (χ3n) is 4.63. The topological polar surface area (TPSA) is 64.1 Å². The Balaban J connectivity index is 1.30. The highest BCUT2D eigenvalue weighted by atomic mass is 16.5. The van der Waals surface area contributed by atoms with Crippen molar-refractivity contribution < 1.29 is 14.2 Å². The van der Waals surface area contributed by atoms with E-state index in [2.05, 4.69) is 33.8 Å². The SMILES string of the molecule is CN=C(NCCCOc1ccc(OC)cc1)NCCc1ccc2c(c1)CCO2. The second-order valence-corrected chi connectivity index (χ2v) is 6.59. The van der Waals surface area contributed by atoms with Crippen molar-refractivity contribution in [3.05, 3.63) is 53.6 Å². The van der Waals surface area contributed by atoms with E-state index in [9.17, 15) is 0 Å². The van der Waals surface area contributed by atoms with Crippen molar-refractivity contribution in [2.45, 2.75) is 19.3 Å². The fourth-order valence-electron chi connectivity index (χ4n) is 3.08. The lowest BCUT2D eigenvalue weighted by atomic mass is 10.1. The van der Waals surface area contributed by atoms with Crippen LogP contribution in [0.1, 0.15) is 17.5 Å². The molecule has 0 saturated heterocycles. The Morgan fingerprint density at radius 2 is 1.86 bits per heavy atom. The molecule has 2 N–H and O–H groups in total. The van der Waals surface area contributed by atoms with Gasteiger partial charge in [-0.05, 0) is 54.3 Å². The highest BCUT2D eigenvalue weighted by Gasteiger charge is 2.11. The van der Waals surface area contributed by atoms with Gasteiger partial charge in [0.05, 0.1) is 20.3 Å². The number of benzene rings is 2. The van der Waals surface area contributed by atoms with Crippen molar-refractivity contribution in [1.29, 1.82) is 0 Å². The molecule has 28 heavy (non-hydrogen) atoms. The van der Waals surface area contributed by atoms with Crippen molar-refractivity contribution in [2.75, 3.05) is 40.5 Å². The fourth-order valence-corrected chi connectivity index (χ4v) is 3.08. The summed E-state index contributed by atoms with van der Waals surface area (Å²) in [6.07, 6.45) is 2.85. The van der Waals surface area contributed by atoms with Crippen LogP contribution in [-0.2, 0) is 12.8 Å². The number of ether oxygens (including phenoxy) is 3. The van der Waals surface area contributed by atoms with Gasteiger partial charge in [-0.25, -0.2) is 0 Å². The van der Waals surface area contributed by atoms with Gasteiger partial charge in [0.2, 0.25) is 0 Å². The van der Waals surface area contributed by atoms with Crippen LogP contribution in [0.3, 0.4) is 0 Å². The van der Waals surface area contributed by atoms with Crippen molar-refractivity contribution in [3.63, 3.8) is 0 Å². The van der Waals surface area contributed by atoms with E-state index in [0.717, 1.165) is 62.2 Å². The third kappa shape index (κ3) is 5.81. The summed E-state index contributed by atoms with van der Waals surface area (Å²) in [7, 11) is 3.44. The van der Waals surface area contributed by atoms with Gasteiger partial charge in [0.15, 0.2) is 5.96 Å². The van der Waals surface area contributed by atoms with Crippen LogP contribution in [0.25, 0.3) is 0 Å². The minimum Gasteiger partial charge on any atom is -0.497 e. The van der Waals surface area contributed by atoms with E-state index in [-0.39, 0.29) is 0 Å². The smallest absolute Gasteiger partial charge is 0.190 e. The molecule has 2 aromatic rings. The van der Waals surface area contributed by atoms with Crippen molar-refractivity contribution in [3.8, 4) is 17.2 Å². The first-order valence-corrected chi connectivity index (χ1v) is 9.74. The minimum absolute atomic E-state index is 0.646. The Hall–Kier alpha value is -2.89. The summed E-state index contributed by atoms with van der Waals surface area (Å²) in [4.78, 5) is 4.27. The Labute approximate surface area is 166 Å². The van der Waals surface area contributed by atoms with Gasteiger partial charge in [-0.1, -0.05) is 12.1 Å². The molecule has 2 aromatic carbocycles. The normalized spacial score (nSPS) is 12.9. The van der Waals surface area contributed by atoms with Crippen LogP contribution in [0.5, 0.6) is 17.2 Å². The lowest BCUT2D eigenvalue weighted by Gasteiger charge is -2.12. The summed E-state index contributed by atoms with van der Waals surface area (Å²) in [6, 6.07) is 14.1. The number of aliphatic imine (C=N–C) groups is 1. The molecule has 0 bridgehead atoms. The van der Waals surface area contributed by atoms with E-state index in [1.54, 1.807) is 14.2 Å². The molecular formula is C22H29N3O3. The molecule has 0 fully saturated rings. The first-order chi connectivity index (χ1) is 13.8. The third-order valence-corrected chi connectivity index (χ3v) is 4.63. The molecule has 150 valence electrons. The Kier molecular flexibility index (Phi) is 7.41. The molecule has 0 spiro atoms. The summed E-state index contributed by atoms with van der Waals surface area (Å²) >= 11 is 0. The maximum absolute atomic E-state index is 5.73. The lowest BCUT2D eigenvalue weighted by Crippen LogP contribution is -2.39. The summed E-state index contributed by atoms with van der Waals surface area (Å²) < 4.78 is 16.4. The van der Waals surface area contributed by atoms with Crippen LogP contribution in [0.15, 0.2) is 47.5 Å². The summed E-state index contributed by atoms with van der Waals surface area (Å²) in [6.45, 7) is 3.08. The number of hydrogen-bond acceptors (Lipinski definition) is 4. The van der Waals surface area contributed by atoms with Crippen molar-refractivity contribution in [1.82, 2.24) is 10.6 Å². The average Bonchev–Trinajstić information content (AvgIpc) is 3.20. The molecule has 0 radical (unpaired) electrons. The predicted octanol–water partition coefficient (Wildman–Crippen LogP) is 2.81. The van der Waals surface area contributed by atoms with E-state index < -0.39 is 0 Å². The summed E-state index contributed by atoms with van der Waals surface area (Å²) in [5, 5.41) is 6.68. The van der Waals surface area contributed by atoms with E-state index in [4.69, 9.17) is 14.2 Å². The standard InChI is InChI=1S/C22H29N3O3/c1-23-22(24-12-3-14-27-20-7-5-19(26-2)6-8-20)25-13-10-17-4-9-21-18(16-17)11-15-28-21/h4-9,16H,3,10-15H2,1-2H3,(H2,23,24,25). The van der Waals surface area contributed by atoms with Gasteiger partial charge in [0.25, 0.3) is 0 Å². The highest BCUT2D eigenvalue weighted by molar-refractivity contribution is 5.79. The molecule has 3 rings (SSSR count). The largest absolute Gasteiger partial charge is 0.497 e. The Bertz CT molecular complexity index is 775. The van der Waals surface area contributed by atoms with Crippen molar-refractivity contribution in [2.24, 2.45) is 4.99 Å². The molecule has 0 aromatic heterocycles. The zero-order chi connectivity index (χ0) is 19.6. The molecular weight excluding hydrogens is 354 g/mol. The van der Waals surface area contributed by atoms with Crippen molar-refractivity contribution >= 4 is 5.96 Å². The minimum atomic E-state index is 0.646. The number of hydrogen-bond donors (Lipinski definition) is 2. The van der Waals surface area contributed by atoms with Crippen LogP contribution < -0.4 is 24.8 Å². The van der Waals surface area contributed by atoms with Gasteiger partial charge in [0.1, 0.15) is 17.2 Å². The van der Waals surface area contributed by atoms with E-state index >= 15 is 0 Å². The van der Waals surface area contributed by atoms with Gasteiger partial charge < -0.3 is 24.8 Å². The maximum atomic E-state index is 5.73. The first-order valence-electron chi connectivity index (χ1n) is 9.74. The molecule has 1 aliphatic heterocycles. The van der Waals surface area contributed by atoms with Crippen LogP contribution >= 0.6 is 0 Å². The molecule has 0 atom stereocenters. The summed E-state index contributed by atoms with van der Waals surface area (Å²) in [5.74, 6) is 3.53. The number of nitrogens with one attached hydrogen (secondary N) is 2. The van der Waals surface area contributed by atoms with Gasteiger partial charge in [-0.3, -0.25) is 4.99 Å². The second kappa shape index (κ2) is 10.4. The summed E-state index contributed by atoms with van der Waals surface area (Å²) in [5.41, 5.74) is 2.64. The van der Waals surface area contributed by atoms with Crippen LogP contribution in [0.2, 0.25) is 0 Å². The Morgan fingerprint density at radius 3 is 2.64 bits per heavy atom. The monoisotopic (exact) mass is 383 g/mol. The predicted molar refractivity (Wildman–Crippen MR) is 112 cm³/mol. The van der Waals surface area contributed by atoms with E-state index in [0.29, 0.717) is 6.61 Å². The van der Waals surface area contributed by atoms with Gasteiger partial charge in [0, 0.05) is 26.6 Å². The maximum Gasteiger partial charge on any atom is 0.190 e. The highest BCUT2D eigenvalue weighted by Crippen LogP contribution is 2.25. The molecule has 1 aliphatic rings. The molecule has 6 heteroatoms. The molecule has 0 saturated carbocycles. The van der Waals surface area contributed by atoms with Crippen LogP contribution in [0.4, 0.5) is 0 Å². The van der Waals surface area contributed by atoms with Crippen LogP contribution in [0, 0.1) is 0 Å². The zero-order valence-electron chi connectivity index (χ0n) is 16.7. The van der Waals surface area contributed by atoms with Gasteiger partial charge >= 0.3 is 0 Å². The molecule has 1 heterocycles. The number of nitrogens with zero attached hydrogens (tertiary/aromatic N) is 1. The molecule has 6 nitrogen and oxygen atoms in total. The fraction of sp³-hybridized carbons (Fsp3) is 0.409. The number of rotatable bonds is 9. The number of guanidine groups is 1. The van der Waals surface area contributed by atoms with Gasteiger partial charge in [-0.2, -0.15) is 0 Å². The number of fused-ring (bicyclic) bond motifs is 1. The second-order valence-electron chi connectivity index (χ2n) is 6.59. The van der Waals surface area contributed by atoms with Gasteiger partial charge in [-0.15, -0.1) is 0 Å². The number of methoxy groups -OCH3 is 1.